The molecule has 29 heavy (non-hydrogen) atoms. The second kappa shape index (κ2) is 7.76. The first-order valence-electron chi connectivity index (χ1n) is 10.1. The van der Waals surface area contributed by atoms with Crippen LogP contribution < -0.4 is 10.2 Å². The summed E-state index contributed by atoms with van der Waals surface area (Å²) in [6.45, 7) is 15.4. The van der Waals surface area contributed by atoms with Gasteiger partial charge in [-0.1, -0.05) is 0 Å². The van der Waals surface area contributed by atoms with Gasteiger partial charge in [0.05, 0.1) is 17.8 Å². The summed E-state index contributed by atoms with van der Waals surface area (Å²) < 4.78 is 23.2. The van der Waals surface area contributed by atoms with Crippen molar-refractivity contribution in [3.63, 3.8) is 0 Å². The van der Waals surface area contributed by atoms with E-state index in [0.717, 1.165) is 11.9 Å². The lowest BCUT2D eigenvalue weighted by Gasteiger charge is -2.32. The maximum absolute atomic E-state index is 12.2. The van der Waals surface area contributed by atoms with Crippen molar-refractivity contribution in [1.82, 2.24) is 14.9 Å². The van der Waals surface area contributed by atoms with Gasteiger partial charge in [-0.25, -0.2) is 14.8 Å². The molecule has 0 saturated carbocycles. The second-order valence-corrected chi connectivity index (χ2v) is 9.78. The van der Waals surface area contributed by atoms with Crippen LogP contribution in [0.25, 0.3) is 0 Å². The molecule has 3 rings (SSSR count). The molecule has 2 fully saturated rings. The van der Waals surface area contributed by atoms with Gasteiger partial charge in [-0.15, -0.1) is 0 Å². The number of amides is 1. The highest BCUT2D eigenvalue weighted by Gasteiger charge is 2.52. The molecule has 2 saturated heterocycles. The summed E-state index contributed by atoms with van der Waals surface area (Å²) in [5, 5.41) is 0. The van der Waals surface area contributed by atoms with Gasteiger partial charge in [-0.05, 0) is 54.9 Å². The first kappa shape index (κ1) is 21.8. The summed E-state index contributed by atoms with van der Waals surface area (Å²) in [5.41, 5.74) is -0.545. The molecular formula is C20H32BN3O5. The minimum absolute atomic E-state index is 0.230. The van der Waals surface area contributed by atoms with E-state index >= 15 is 0 Å². The highest BCUT2D eigenvalue weighted by atomic mass is 16.7. The average molecular weight is 405 g/mol. The lowest BCUT2D eigenvalue weighted by Crippen LogP contribution is -2.41. The number of ether oxygens (including phenoxy) is 2. The number of aromatic nitrogens is 2. The first-order valence-corrected chi connectivity index (χ1v) is 10.1. The number of hydrogen-bond acceptors (Lipinski definition) is 7. The summed E-state index contributed by atoms with van der Waals surface area (Å²) in [6.07, 6.45) is 3.94. The molecule has 2 aliphatic heterocycles. The maximum atomic E-state index is 12.2. The number of hydrogen-bond donors (Lipinski definition) is 0. The van der Waals surface area contributed by atoms with Gasteiger partial charge in [0.1, 0.15) is 5.60 Å². The van der Waals surface area contributed by atoms with Gasteiger partial charge in [0.2, 0.25) is 0 Å². The summed E-state index contributed by atoms with van der Waals surface area (Å²) in [5.74, 6) is 0.230. The van der Waals surface area contributed by atoms with E-state index in [-0.39, 0.29) is 12.0 Å². The molecule has 9 heteroatoms. The molecule has 0 spiro atoms. The van der Waals surface area contributed by atoms with Crippen LogP contribution >= 0.6 is 0 Å². The van der Waals surface area contributed by atoms with Crippen LogP contribution in [0.15, 0.2) is 12.4 Å². The van der Waals surface area contributed by atoms with Gasteiger partial charge in [-0.2, -0.15) is 0 Å². The van der Waals surface area contributed by atoms with Crippen molar-refractivity contribution >= 4 is 18.7 Å². The van der Waals surface area contributed by atoms with E-state index in [4.69, 9.17) is 18.8 Å². The van der Waals surface area contributed by atoms with Crippen molar-refractivity contribution in [2.45, 2.75) is 71.7 Å². The Morgan fingerprint density at radius 3 is 2.34 bits per heavy atom. The predicted molar refractivity (Wildman–Crippen MR) is 109 cm³/mol. The number of rotatable bonds is 4. The maximum Gasteiger partial charge on any atom is 0.498 e. The smallest absolute Gasteiger partial charge is 0.463 e. The first-order chi connectivity index (χ1) is 13.4. The van der Waals surface area contributed by atoms with Gasteiger partial charge in [0.15, 0.2) is 0 Å². The SMILES string of the molecule is CC(C)(C)OC(=O)N1CCC(COc2ncc(B3OC(C)(C)C(C)(C)O3)cn2)C1. The van der Waals surface area contributed by atoms with E-state index in [2.05, 4.69) is 9.97 Å². The van der Waals surface area contributed by atoms with Crippen LogP contribution in [-0.2, 0) is 14.0 Å². The normalized spacial score (nSPS) is 23.3. The molecule has 0 aliphatic carbocycles. The van der Waals surface area contributed by atoms with Crippen LogP contribution in [0.2, 0.25) is 0 Å². The zero-order chi connectivity index (χ0) is 21.4. The Kier molecular flexibility index (Phi) is 5.84. The number of likely N-dealkylation sites (tertiary alicyclic amines) is 1. The van der Waals surface area contributed by atoms with Crippen LogP contribution in [0.1, 0.15) is 54.9 Å². The zero-order valence-electron chi connectivity index (χ0n) is 18.5. The topological polar surface area (TPSA) is 83.0 Å². The molecule has 0 bridgehead atoms. The van der Waals surface area contributed by atoms with E-state index in [1.54, 1.807) is 17.3 Å². The number of carbonyl (C=O) groups excluding carboxylic acids is 1. The molecule has 1 amide bonds. The molecule has 0 N–H and O–H groups in total. The molecule has 0 aromatic carbocycles. The van der Waals surface area contributed by atoms with Crippen molar-refractivity contribution in [3.8, 4) is 6.01 Å². The lowest BCUT2D eigenvalue weighted by molar-refractivity contribution is 0.00578. The van der Waals surface area contributed by atoms with Crippen molar-refractivity contribution < 1.29 is 23.6 Å². The molecule has 160 valence electrons. The van der Waals surface area contributed by atoms with Gasteiger partial charge >= 0.3 is 19.2 Å². The minimum atomic E-state index is -0.494. The molecular weight excluding hydrogens is 373 g/mol. The average Bonchev–Trinajstić information content (AvgIpc) is 3.14. The number of carbonyl (C=O) groups is 1. The van der Waals surface area contributed by atoms with Gasteiger partial charge in [0.25, 0.3) is 0 Å². The lowest BCUT2D eigenvalue weighted by atomic mass is 9.81. The monoisotopic (exact) mass is 405 g/mol. The fraction of sp³-hybridized carbons (Fsp3) is 0.750. The zero-order valence-corrected chi connectivity index (χ0v) is 18.5. The Morgan fingerprint density at radius 1 is 1.21 bits per heavy atom. The number of nitrogens with zero attached hydrogens (tertiary/aromatic N) is 3. The second-order valence-electron chi connectivity index (χ2n) is 9.78. The van der Waals surface area contributed by atoms with E-state index in [1.165, 1.54) is 0 Å². The van der Waals surface area contributed by atoms with E-state index in [9.17, 15) is 4.79 Å². The molecule has 2 aliphatic rings. The van der Waals surface area contributed by atoms with Gasteiger partial charge < -0.3 is 23.7 Å². The van der Waals surface area contributed by atoms with Crippen LogP contribution in [0.3, 0.4) is 0 Å². The Labute approximate surface area is 173 Å². The molecule has 1 aromatic rings. The third-order valence-electron chi connectivity index (χ3n) is 5.56. The third-order valence-corrected chi connectivity index (χ3v) is 5.56. The predicted octanol–water partition coefficient (Wildman–Crippen LogP) is 2.41. The van der Waals surface area contributed by atoms with E-state index < -0.39 is 23.9 Å². The standard InChI is InChI=1S/C20H32BN3O5/c1-18(2,3)27-17(25)24-9-8-14(12-24)13-26-16-22-10-15(11-23-16)21-28-19(4,5)20(6,7)29-21/h10-11,14H,8-9,12-13H2,1-7H3. The van der Waals surface area contributed by atoms with Crippen LogP contribution in [0.4, 0.5) is 4.79 Å². The highest BCUT2D eigenvalue weighted by Crippen LogP contribution is 2.36. The Balaban J connectivity index is 1.49. The third kappa shape index (κ3) is 5.19. The van der Waals surface area contributed by atoms with Gasteiger partial charge in [0, 0.05) is 36.9 Å². The van der Waals surface area contributed by atoms with Crippen molar-refractivity contribution in [2.24, 2.45) is 5.92 Å². The summed E-state index contributed by atoms with van der Waals surface area (Å²) in [7, 11) is -0.494. The van der Waals surface area contributed by atoms with Crippen LogP contribution in [-0.4, -0.2) is 64.6 Å². The fourth-order valence-electron chi connectivity index (χ4n) is 3.15. The van der Waals surface area contributed by atoms with Crippen molar-refractivity contribution in [1.29, 1.82) is 0 Å². The Bertz CT molecular complexity index is 717. The quantitative estimate of drug-likeness (QED) is 0.712. The highest BCUT2D eigenvalue weighted by molar-refractivity contribution is 6.61. The fourth-order valence-corrected chi connectivity index (χ4v) is 3.15. The van der Waals surface area contributed by atoms with Gasteiger partial charge in [-0.3, -0.25) is 0 Å². The molecule has 8 nitrogen and oxygen atoms in total. The molecule has 1 unspecified atom stereocenters. The summed E-state index contributed by atoms with van der Waals surface area (Å²) in [6, 6.07) is 0.306. The van der Waals surface area contributed by atoms with Crippen LogP contribution in [0.5, 0.6) is 6.01 Å². The summed E-state index contributed by atoms with van der Waals surface area (Å²) in [4.78, 5) is 22.4. The van der Waals surface area contributed by atoms with E-state index in [1.807, 2.05) is 48.5 Å². The Hall–Kier alpha value is -1.87. The molecule has 3 heterocycles. The molecule has 1 aromatic heterocycles. The minimum Gasteiger partial charge on any atom is -0.463 e. The van der Waals surface area contributed by atoms with E-state index in [0.29, 0.717) is 25.7 Å². The van der Waals surface area contributed by atoms with Crippen LogP contribution in [0, 0.1) is 5.92 Å². The molecule has 0 radical (unpaired) electrons. The largest absolute Gasteiger partial charge is 0.498 e. The Morgan fingerprint density at radius 2 is 1.79 bits per heavy atom. The molecule has 1 atom stereocenters. The van der Waals surface area contributed by atoms with Crippen molar-refractivity contribution in [3.05, 3.63) is 12.4 Å². The van der Waals surface area contributed by atoms with Crippen molar-refractivity contribution in [2.75, 3.05) is 19.7 Å². The summed E-state index contributed by atoms with van der Waals surface area (Å²) >= 11 is 0.